The maximum atomic E-state index is 12.6. The lowest BCUT2D eigenvalue weighted by Crippen LogP contribution is -2.05. The summed E-state index contributed by atoms with van der Waals surface area (Å²) in [5.41, 5.74) is 2.76. The van der Waals surface area contributed by atoms with E-state index in [1.54, 1.807) is 6.08 Å². The molecule has 1 heterocycles. The molecule has 1 aliphatic rings. The van der Waals surface area contributed by atoms with Crippen LogP contribution in [0.4, 0.5) is 0 Å². The van der Waals surface area contributed by atoms with Gasteiger partial charge < -0.3 is 9.47 Å². The molecule has 5 rings (SSSR count). The molecule has 0 saturated heterocycles. The van der Waals surface area contributed by atoms with Crippen LogP contribution in [0.5, 0.6) is 5.75 Å². The van der Waals surface area contributed by atoms with Crippen LogP contribution in [0.2, 0.25) is 5.02 Å². The summed E-state index contributed by atoms with van der Waals surface area (Å²) >= 11 is 5.98. The summed E-state index contributed by atoms with van der Waals surface area (Å²) in [7, 11) is 0. The average molecular weight is 440 g/mol. The van der Waals surface area contributed by atoms with E-state index in [4.69, 9.17) is 21.1 Å². The lowest BCUT2D eigenvalue weighted by molar-refractivity contribution is -0.129. The molecule has 0 atom stereocenters. The molecule has 0 radical (unpaired) electrons. The number of hydrogen-bond acceptors (Lipinski definition) is 4. The third-order valence-electron chi connectivity index (χ3n) is 5.16. The van der Waals surface area contributed by atoms with Gasteiger partial charge in [0, 0.05) is 16.1 Å². The molecule has 156 valence electrons. The molecule has 32 heavy (non-hydrogen) atoms. The van der Waals surface area contributed by atoms with Crippen molar-refractivity contribution < 1.29 is 14.3 Å². The van der Waals surface area contributed by atoms with Gasteiger partial charge in [0.25, 0.3) is 0 Å². The van der Waals surface area contributed by atoms with Crippen LogP contribution in [-0.2, 0) is 16.1 Å². The van der Waals surface area contributed by atoms with Crippen LogP contribution < -0.4 is 4.74 Å². The van der Waals surface area contributed by atoms with E-state index in [1.165, 1.54) is 0 Å². The van der Waals surface area contributed by atoms with E-state index < -0.39 is 5.97 Å². The molecule has 0 amide bonds. The van der Waals surface area contributed by atoms with Crippen LogP contribution in [0.3, 0.4) is 0 Å². The summed E-state index contributed by atoms with van der Waals surface area (Å²) in [4.78, 5) is 17.0. The fraction of sp³-hybridized carbons (Fsp3) is 0.0370. The van der Waals surface area contributed by atoms with Gasteiger partial charge in [-0.05, 0) is 52.7 Å². The number of benzene rings is 4. The van der Waals surface area contributed by atoms with Crippen molar-refractivity contribution >= 4 is 40.3 Å². The Morgan fingerprint density at radius 2 is 1.62 bits per heavy atom. The molecule has 4 aromatic rings. The van der Waals surface area contributed by atoms with Gasteiger partial charge in [0.15, 0.2) is 5.70 Å². The topological polar surface area (TPSA) is 47.9 Å². The highest BCUT2D eigenvalue weighted by molar-refractivity contribution is 6.30. The third kappa shape index (κ3) is 4.13. The monoisotopic (exact) mass is 439 g/mol. The number of halogens is 1. The molecule has 5 heteroatoms. The van der Waals surface area contributed by atoms with Gasteiger partial charge in [-0.15, -0.1) is 0 Å². The van der Waals surface area contributed by atoms with Crippen molar-refractivity contribution in [2.75, 3.05) is 0 Å². The zero-order valence-electron chi connectivity index (χ0n) is 17.0. The Hall–Kier alpha value is -3.89. The molecule has 4 nitrogen and oxygen atoms in total. The maximum absolute atomic E-state index is 12.6. The molecule has 0 saturated carbocycles. The lowest BCUT2D eigenvalue weighted by atomic mass is 10.0. The number of carbonyl (C=O) groups is 1. The summed E-state index contributed by atoms with van der Waals surface area (Å²) in [6.07, 6.45) is 1.73. The number of fused-ring (bicyclic) bond motifs is 1. The average Bonchev–Trinajstić information content (AvgIpc) is 3.20. The first kappa shape index (κ1) is 20.0. The number of hydrogen-bond donors (Lipinski definition) is 0. The van der Waals surface area contributed by atoms with Crippen LogP contribution in [0.1, 0.15) is 16.7 Å². The minimum absolute atomic E-state index is 0.233. The number of rotatable bonds is 5. The second-order valence-electron chi connectivity index (χ2n) is 7.32. The first-order chi connectivity index (χ1) is 15.7. The predicted molar refractivity (Wildman–Crippen MR) is 127 cm³/mol. The summed E-state index contributed by atoms with van der Waals surface area (Å²) in [5, 5.41) is 2.68. The minimum atomic E-state index is -0.486. The Bertz CT molecular complexity index is 1360. The van der Waals surface area contributed by atoms with Gasteiger partial charge >= 0.3 is 5.97 Å². The van der Waals surface area contributed by atoms with E-state index >= 15 is 0 Å². The first-order valence-electron chi connectivity index (χ1n) is 10.1. The molecular formula is C27H18ClNO3. The highest BCUT2D eigenvalue weighted by Crippen LogP contribution is 2.32. The van der Waals surface area contributed by atoms with Crippen molar-refractivity contribution in [3.05, 3.63) is 118 Å². The normalized spacial score (nSPS) is 14.5. The quantitative estimate of drug-likeness (QED) is 0.266. The van der Waals surface area contributed by atoms with Gasteiger partial charge in [-0.3, -0.25) is 0 Å². The van der Waals surface area contributed by atoms with Crippen molar-refractivity contribution in [1.29, 1.82) is 0 Å². The van der Waals surface area contributed by atoms with Crippen LogP contribution in [0, 0.1) is 0 Å². The molecule has 1 aliphatic heterocycles. The van der Waals surface area contributed by atoms with Gasteiger partial charge in [0.05, 0.1) is 0 Å². The highest BCUT2D eigenvalue weighted by atomic mass is 35.5. The van der Waals surface area contributed by atoms with Gasteiger partial charge in [0.1, 0.15) is 12.4 Å². The third-order valence-corrected chi connectivity index (χ3v) is 5.41. The Kier molecular flexibility index (Phi) is 5.44. The van der Waals surface area contributed by atoms with Gasteiger partial charge in [0.2, 0.25) is 5.90 Å². The standard InChI is InChI=1S/C27H18ClNO3/c28-21-13-10-18(11-14-21)17-31-25-15-12-19-6-4-5-9-22(19)23(25)16-24-27(30)32-26(29-24)20-7-2-1-3-8-20/h1-16H,17H2. The number of ether oxygens (including phenoxy) is 2. The fourth-order valence-electron chi connectivity index (χ4n) is 3.54. The van der Waals surface area contributed by atoms with E-state index in [0.29, 0.717) is 23.3 Å². The zero-order chi connectivity index (χ0) is 21.9. The molecule has 0 fully saturated rings. The van der Waals surface area contributed by atoms with E-state index in [1.807, 2.05) is 91.0 Å². The number of aliphatic imine (C=N–C) groups is 1. The Morgan fingerprint density at radius 1 is 0.875 bits per heavy atom. The number of nitrogens with zero attached hydrogens (tertiary/aromatic N) is 1. The Balaban J connectivity index is 1.54. The molecule has 0 bridgehead atoms. The van der Waals surface area contributed by atoms with Crippen LogP contribution >= 0.6 is 11.6 Å². The van der Waals surface area contributed by atoms with Crippen molar-refractivity contribution in [2.45, 2.75) is 6.61 Å². The SMILES string of the molecule is O=C1OC(c2ccccc2)=NC1=Cc1c(OCc2ccc(Cl)cc2)ccc2ccccc12. The zero-order valence-corrected chi connectivity index (χ0v) is 17.8. The number of esters is 1. The van der Waals surface area contributed by atoms with E-state index in [-0.39, 0.29) is 5.70 Å². The van der Waals surface area contributed by atoms with E-state index in [2.05, 4.69) is 4.99 Å². The Morgan fingerprint density at radius 3 is 2.44 bits per heavy atom. The second-order valence-corrected chi connectivity index (χ2v) is 7.75. The number of carbonyl (C=O) groups excluding carboxylic acids is 1. The van der Waals surface area contributed by atoms with Crippen LogP contribution in [0.15, 0.2) is 102 Å². The lowest BCUT2D eigenvalue weighted by Gasteiger charge is -2.12. The van der Waals surface area contributed by atoms with E-state index in [0.717, 1.165) is 27.5 Å². The molecule has 0 unspecified atom stereocenters. The van der Waals surface area contributed by atoms with Crippen LogP contribution in [0.25, 0.3) is 16.8 Å². The molecule has 4 aromatic carbocycles. The molecular weight excluding hydrogens is 422 g/mol. The molecule has 0 spiro atoms. The largest absolute Gasteiger partial charge is 0.488 e. The predicted octanol–water partition coefficient (Wildman–Crippen LogP) is 6.42. The summed E-state index contributed by atoms with van der Waals surface area (Å²) in [6.45, 7) is 0.370. The van der Waals surface area contributed by atoms with Crippen molar-refractivity contribution in [3.63, 3.8) is 0 Å². The van der Waals surface area contributed by atoms with Crippen molar-refractivity contribution in [3.8, 4) is 5.75 Å². The minimum Gasteiger partial charge on any atom is -0.488 e. The summed E-state index contributed by atoms with van der Waals surface area (Å²) in [5.74, 6) is 0.466. The summed E-state index contributed by atoms with van der Waals surface area (Å²) in [6, 6.07) is 28.7. The second kappa shape index (κ2) is 8.69. The molecule has 0 aromatic heterocycles. The first-order valence-corrected chi connectivity index (χ1v) is 10.5. The van der Waals surface area contributed by atoms with Gasteiger partial charge in [-0.2, -0.15) is 0 Å². The van der Waals surface area contributed by atoms with E-state index in [9.17, 15) is 4.79 Å². The number of cyclic esters (lactones) is 1. The smallest absolute Gasteiger partial charge is 0.363 e. The van der Waals surface area contributed by atoms with Gasteiger partial charge in [-0.1, -0.05) is 72.3 Å². The van der Waals surface area contributed by atoms with Crippen LogP contribution in [-0.4, -0.2) is 11.9 Å². The molecule has 0 N–H and O–H groups in total. The Labute approximate surface area is 190 Å². The summed E-state index contributed by atoms with van der Waals surface area (Å²) < 4.78 is 11.6. The molecule has 0 aliphatic carbocycles. The van der Waals surface area contributed by atoms with Crippen molar-refractivity contribution in [2.24, 2.45) is 4.99 Å². The highest BCUT2D eigenvalue weighted by Gasteiger charge is 2.25. The fourth-order valence-corrected chi connectivity index (χ4v) is 3.67. The van der Waals surface area contributed by atoms with Gasteiger partial charge in [-0.25, -0.2) is 9.79 Å². The van der Waals surface area contributed by atoms with Crippen molar-refractivity contribution in [1.82, 2.24) is 0 Å². The maximum Gasteiger partial charge on any atom is 0.363 e.